The van der Waals surface area contributed by atoms with Crippen LogP contribution in [0.5, 0.6) is 5.75 Å². The Labute approximate surface area is 79.8 Å². The van der Waals surface area contributed by atoms with Crippen LogP contribution in [0.1, 0.15) is 5.56 Å². The monoisotopic (exact) mass is 196 g/mol. The van der Waals surface area contributed by atoms with Gasteiger partial charge >= 0.3 is 0 Å². The van der Waals surface area contributed by atoms with Crippen LogP contribution in [0, 0.1) is 12.1 Å². The predicted molar refractivity (Wildman–Crippen MR) is 53.1 cm³/mol. The zero-order chi connectivity index (χ0) is 9.42. The second-order valence-electron chi connectivity index (χ2n) is 2.91. The van der Waals surface area contributed by atoms with Crippen LogP contribution >= 0.6 is 11.3 Å². The summed E-state index contributed by atoms with van der Waals surface area (Å²) in [7, 11) is 1.62. The van der Waals surface area contributed by atoms with Crippen LogP contribution in [0.15, 0.2) is 18.2 Å². The van der Waals surface area contributed by atoms with Crippen molar-refractivity contribution in [3.8, 4) is 5.75 Å². The highest BCUT2D eigenvalue weighted by molar-refractivity contribution is 7.17. The summed E-state index contributed by atoms with van der Waals surface area (Å²) >= 11 is 1.16. The minimum Gasteiger partial charge on any atom is -0.496 e. The molecule has 0 radical (unpaired) electrons. The number of hydrogen-bond donors (Lipinski definition) is 0. The second kappa shape index (κ2) is 3.00. The lowest BCUT2D eigenvalue weighted by Crippen LogP contribution is -1.85. The first-order chi connectivity index (χ1) is 6.20. The summed E-state index contributed by atoms with van der Waals surface area (Å²) in [6, 6.07) is 5.34. The van der Waals surface area contributed by atoms with Crippen molar-refractivity contribution in [1.29, 1.82) is 0 Å². The molecule has 1 nitrogen and oxygen atoms in total. The Morgan fingerprint density at radius 3 is 2.77 bits per heavy atom. The van der Waals surface area contributed by atoms with Gasteiger partial charge in [-0.15, -0.1) is 11.3 Å². The molecule has 13 heavy (non-hydrogen) atoms. The zero-order valence-corrected chi connectivity index (χ0v) is 8.24. The van der Waals surface area contributed by atoms with E-state index in [9.17, 15) is 4.39 Å². The van der Waals surface area contributed by atoms with Crippen molar-refractivity contribution in [1.82, 2.24) is 0 Å². The number of thiophene rings is 1. The van der Waals surface area contributed by atoms with E-state index in [0.29, 0.717) is 0 Å². The molecular formula is C10H9FOS. The molecule has 0 spiro atoms. The van der Waals surface area contributed by atoms with Crippen LogP contribution in [0.25, 0.3) is 10.1 Å². The first kappa shape index (κ1) is 8.51. The van der Waals surface area contributed by atoms with Crippen molar-refractivity contribution in [3.63, 3.8) is 0 Å². The smallest absolute Gasteiger partial charge is 0.177 e. The van der Waals surface area contributed by atoms with Crippen LogP contribution in [0.3, 0.4) is 0 Å². The molecule has 2 aromatic rings. The molecule has 2 rings (SSSR count). The maximum Gasteiger partial charge on any atom is 0.177 e. The van der Waals surface area contributed by atoms with E-state index in [1.165, 1.54) is 6.07 Å². The van der Waals surface area contributed by atoms with Gasteiger partial charge in [0.2, 0.25) is 0 Å². The van der Waals surface area contributed by atoms with Crippen molar-refractivity contribution in [2.45, 2.75) is 6.92 Å². The summed E-state index contributed by atoms with van der Waals surface area (Å²) in [5.41, 5.74) is 1.04. The number of benzene rings is 1. The fraction of sp³-hybridized carbons (Fsp3) is 0.200. The van der Waals surface area contributed by atoms with Gasteiger partial charge in [0.05, 0.1) is 7.11 Å². The van der Waals surface area contributed by atoms with Crippen molar-refractivity contribution < 1.29 is 9.13 Å². The molecule has 68 valence electrons. The molecule has 0 amide bonds. The van der Waals surface area contributed by atoms with E-state index in [-0.39, 0.29) is 5.13 Å². The first-order valence-corrected chi connectivity index (χ1v) is 4.76. The fourth-order valence-electron chi connectivity index (χ4n) is 1.36. The van der Waals surface area contributed by atoms with Gasteiger partial charge in [0.15, 0.2) is 5.13 Å². The van der Waals surface area contributed by atoms with Crippen LogP contribution in [0.2, 0.25) is 0 Å². The van der Waals surface area contributed by atoms with E-state index < -0.39 is 0 Å². The van der Waals surface area contributed by atoms with Gasteiger partial charge in [0.1, 0.15) is 5.75 Å². The molecule has 0 atom stereocenters. The molecule has 0 unspecified atom stereocenters. The molecule has 0 fully saturated rings. The number of ether oxygens (including phenoxy) is 1. The SMILES string of the molecule is COc1cc2cc(F)sc2cc1C. The van der Waals surface area contributed by atoms with E-state index in [1.807, 2.05) is 19.1 Å². The lowest BCUT2D eigenvalue weighted by atomic mass is 10.2. The van der Waals surface area contributed by atoms with Crippen LogP contribution in [0.4, 0.5) is 4.39 Å². The highest BCUT2D eigenvalue weighted by Crippen LogP contribution is 2.30. The van der Waals surface area contributed by atoms with E-state index in [4.69, 9.17) is 4.74 Å². The number of aryl methyl sites for hydroxylation is 1. The quantitative estimate of drug-likeness (QED) is 0.679. The lowest BCUT2D eigenvalue weighted by molar-refractivity contribution is 0.412. The first-order valence-electron chi connectivity index (χ1n) is 3.94. The summed E-state index contributed by atoms with van der Waals surface area (Å²) < 4.78 is 19.0. The van der Waals surface area contributed by atoms with E-state index in [1.54, 1.807) is 7.11 Å². The van der Waals surface area contributed by atoms with E-state index in [2.05, 4.69) is 0 Å². The summed E-state index contributed by atoms with van der Waals surface area (Å²) in [5, 5.41) is 0.757. The Morgan fingerprint density at radius 2 is 2.08 bits per heavy atom. The third-order valence-corrected chi connectivity index (χ3v) is 2.89. The van der Waals surface area contributed by atoms with E-state index in [0.717, 1.165) is 32.7 Å². The zero-order valence-electron chi connectivity index (χ0n) is 7.43. The summed E-state index contributed by atoms with van der Waals surface area (Å²) in [5.74, 6) is 0.810. The molecule has 1 aromatic heterocycles. The maximum atomic E-state index is 12.9. The van der Waals surface area contributed by atoms with Crippen molar-refractivity contribution in [2.75, 3.05) is 7.11 Å². The Balaban J connectivity index is 2.72. The molecule has 0 bridgehead atoms. The Bertz CT molecular complexity index is 447. The topological polar surface area (TPSA) is 9.23 Å². The number of fused-ring (bicyclic) bond motifs is 1. The molecule has 1 heterocycles. The minimum absolute atomic E-state index is 0.150. The maximum absolute atomic E-state index is 12.9. The van der Waals surface area contributed by atoms with E-state index >= 15 is 0 Å². The second-order valence-corrected chi connectivity index (χ2v) is 3.94. The van der Waals surface area contributed by atoms with Gasteiger partial charge in [-0.1, -0.05) is 0 Å². The molecule has 1 aromatic carbocycles. The van der Waals surface area contributed by atoms with Crippen molar-refractivity contribution in [3.05, 3.63) is 28.9 Å². The highest BCUT2D eigenvalue weighted by Gasteiger charge is 2.05. The molecular weight excluding hydrogens is 187 g/mol. The molecule has 0 aliphatic rings. The summed E-state index contributed by atoms with van der Waals surface area (Å²) in [6.45, 7) is 1.95. The minimum atomic E-state index is -0.150. The Hall–Kier alpha value is -1.09. The van der Waals surface area contributed by atoms with Gasteiger partial charge in [0.25, 0.3) is 0 Å². The molecule has 0 N–H and O–H groups in total. The standard InChI is InChI=1S/C10H9FOS/c1-6-3-9-7(4-8(6)12-2)5-10(11)13-9/h3-5H,1-2H3. The third kappa shape index (κ3) is 1.40. The number of rotatable bonds is 1. The molecule has 0 saturated heterocycles. The van der Waals surface area contributed by atoms with Gasteiger partial charge < -0.3 is 4.74 Å². The summed E-state index contributed by atoms with van der Waals surface area (Å²) in [6.07, 6.45) is 0. The molecule has 0 aliphatic heterocycles. The van der Waals surface area contributed by atoms with Crippen molar-refractivity contribution in [2.24, 2.45) is 0 Å². The summed E-state index contributed by atoms with van der Waals surface area (Å²) in [4.78, 5) is 0. The van der Waals surface area contributed by atoms with Crippen LogP contribution in [-0.2, 0) is 0 Å². The van der Waals surface area contributed by atoms with Gasteiger partial charge in [0, 0.05) is 4.70 Å². The Kier molecular flexibility index (Phi) is 1.96. The number of methoxy groups -OCH3 is 1. The largest absolute Gasteiger partial charge is 0.496 e. The molecule has 3 heteroatoms. The normalized spacial score (nSPS) is 10.7. The predicted octanol–water partition coefficient (Wildman–Crippen LogP) is 3.36. The highest BCUT2D eigenvalue weighted by atomic mass is 32.1. The third-order valence-electron chi connectivity index (χ3n) is 2.00. The van der Waals surface area contributed by atoms with Gasteiger partial charge in [-0.25, -0.2) is 0 Å². The van der Waals surface area contributed by atoms with Gasteiger partial charge in [-0.05, 0) is 36.1 Å². The van der Waals surface area contributed by atoms with Crippen molar-refractivity contribution >= 4 is 21.4 Å². The average molecular weight is 196 g/mol. The number of halogens is 1. The van der Waals surface area contributed by atoms with Crippen LogP contribution in [-0.4, -0.2) is 7.11 Å². The lowest BCUT2D eigenvalue weighted by Gasteiger charge is -2.03. The average Bonchev–Trinajstić information content (AvgIpc) is 2.42. The number of hydrogen-bond acceptors (Lipinski definition) is 2. The Morgan fingerprint density at radius 1 is 1.31 bits per heavy atom. The molecule has 0 saturated carbocycles. The fourth-order valence-corrected chi connectivity index (χ4v) is 2.22. The molecule has 0 aliphatic carbocycles. The van der Waals surface area contributed by atoms with Gasteiger partial charge in [-0.2, -0.15) is 4.39 Å². The van der Waals surface area contributed by atoms with Crippen LogP contribution < -0.4 is 4.74 Å². The van der Waals surface area contributed by atoms with Gasteiger partial charge in [-0.3, -0.25) is 0 Å².